The summed E-state index contributed by atoms with van der Waals surface area (Å²) in [6, 6.07) is 6.01. The van der Waals surface area contributed by atoms with Crippen LogP contribution in [0.15, 0.2) is 18.2 Å². The van der Waals surface area contributed by atoms with Gasteiger partial charge in [0.25, 0.3) is 0 Å². The zero-order chi connectivity index (χ0) is 13.3. The predicted octanol–water partition coefficient (Wildman–Crippen LogP) is 3.71. The van der Waals surface area contributed by atoms with Crippen molar-refractivity contribution in [2.24, 2.45) is 0 Å². The third-order valence-electron chi connectivity index (χ3n) is 4.58. The zero-order valence-electron chi connectivity index (χ0n) is 11.1. The van der Waals surface area contributed by atoms with Gasteiger partial charge in [-0.25, -0.2) is 0 Å². The van der Waals surface area contributed by atoms with Crippen molar-refractivity contribution in [2.75, 3.05) is 19.6 Å². The van der Waals surface area contributed by atoms with Gasteiger partial charge in [-0.05, 0) is 30.5 Å². The second-order valence-corrected chi connectivity index (χ2v) is 6.59. The first kappa shape index (κ1) is 13.7. The first-order chi connectivity index (χ1) is 9.20. The van der Waals surface area contributed by atoms with Gasteiger partial charge in [0.05, 0.1) is 10.0 Å². The summed E-state index contributed by atoms with van der Waals surface area (Å²) >= 11 is 12.1. The molecule has 0 atom stereocenters. The minimum atomic E-state index is 0.379. The number of halogens is 2. The Morgan fingerprint density at radius 1 is 1.16 bits per heavy atom. The molecule has 3 rings (SSSR count). The van der Waals surface area contributed by atoms with E-state index in [0.717, 1.165) is 26.2 Å². The number of nitrogens with zero attached hydrogens (tertiary/aromatic N) is 1. The van der Waals surface area contributed by atoms with Gasteiger partial charge in [0, 0.05) is 31.7 Å². The maximum atomic E-state index is 6.12. The van der Waals surface area contributed by atoms with Gasteiger partial charge in [0.1, 0.15) is 0 Å². The number of rotatable bonds is 2. The summed E-state index contributed by atoms with van der Waals surface area (Å²) in [5.41, 5.74) is 1.65. The van der Waals surface area contributed by atoms with Crippen molar-refractivity contribution in [2.45, 2.75) is 37.8 Å². The van der Waals surface area contributed by atoms with E-state index in [2.05, 4.69) is 16.3 Å². The molecule has 1 N–H and O–H groups in total. The van der Waals surface area contributed by atoms with E-state index in [9.17, 15) is 0 Å². The van der Waals surface area contributed by atoms with Crippen molar-refractivity contribution in [3.8, 4) is 0 Å². The number of hydrogen-bond acceptors (Lipinski definition) is 2. The van der Waals surface area contributed by atoms with Crippen LogP contribution in [0, 0.1) is 0 Å². The minimum Gasteiger partial charge on any atom is -0.314 e. The van der Waals surface area contributed by atoms with Gasteiger partial charge >= 0.3 is 0 Å². The molecule has 1 spiro atoms. The Morgan fingerprint density at radius 3 is 2.68 bits per heavy atom. The summed E-state index contributed by atoms with van der Waals surface area (Å²) in [5, 5.41) is 4.87. The highest BCUT2D eigenvalue weighted by Crippen LogP contribution is 2.37. The molecule has 0 radical (unpaired) electrons. The number of nitrogens with one attached hydrogen (secondary N) is 1. The Balaban J connectivity index is 1.78. The monoisotopic (exact) mass is 298 g/mol. The lowest BCUT2D eigenvalue weighted by Gasteiger charge is -2.45. The van der Waals surface area contributed by atoms with Gasteiger partial charge in [-0.1, -0.05) is 42.1 Å². The van der Waals surface area contributed by atoms with E-state index in [1.807, 2.05) is 12.1 Å². The molecular formula is C15H20Cl2N2. The van der Waals surface area contributed by atoms with Crippen LogP contribution in [0.25, 0.3) is 0 Å². The van der Waals surface area contributed by atoms with Crippen LogP contribution in [0.5, 0.6) is 0 Å². The third-order valence-corrected chi connectivity index (χ3v) is 5.31. The average Bonchev–Trinajstić information content (AvgIpc) is 2.86. The Kier molecular flexibility index (Phi) is 4.04. The standard InChI is InChI=1S/C15H20Cl2N2/c16-13-4-3-12(9-14(13)17)10-19-8-7-18-11-15(19)5-1-2-6-15/h3-4,9,18H,1-2,5-8,10-11H2. The first-order valence-corrected chi connectivity index (χ1v) is 7.85. The molecule has 104 valence electrons. The van der Waals surface area contributed by atoms with Crippen molar-refractivity contribution in [1.29, 1.82) is 0 Å². The largest absolute Gasteiger partial charge is 0.314 e. The lowest BCUT2D eigenvalue weighted by atomic mass is 9.92. The van der Waals surface area contributed by atoms with Gasteiger partial charge in [-0.3, -0.25) is 4.90 Å². The Morgan fingerprint density at radius 2 is 1.95 bits per heavy atom. The van der Waals surface area contributed by atoms with Crippen LogP contribution in [0.3, 0.4) is 0 Å². The molecule has 0 unspecified atom stereocenters. The molecule has 1 aromatic carbocycles. The van der Waals surface area contributed by atoms with Crippen molar-refractivity contribution in [3.05, 3.63) is 33.8 Å². The molecule has 2 fully saturated rings. The molecule has 1 aromatic rings. The zero-order valence-corrected chi connectivity index (χ0v) is 12.6. The molecule has 4 heteroatoms. The second-order valence-electron chi connectivity index (χ2n) is 5.78. The highest BCUT2D eigenvalue weighted by Gasteiger charge is 2.40. The van der Waals surface area contributed by atoms with Crippen LogP contribution in [0.2, 0.25) is 10.0 Å². The lowest BCUT2D eigenvalue weighted by Crippen LogP contribution is -2.59. The fourth-order valence-electron chi connectivity index (χ4n) is 3.52. The smallest absolute Gasteiger partial charge is 0.0595 e. The van der Waals surface area contributed by atoms with Crippen LogP contribution >= 0.6 is 23.2 Å². The SMILES string of the molecule is Clc1ccc(CN2CCNCC23CCCC3)cc1Cl. The Hall–Kier alpha value is -0.280. The number of hydrogen-bond donors (Lipinski definition) is 1. The average molecular weight is 299 g/mol. The molecule has 0 aromatic heterocycles. The van der Waals surface area contributed by atoms with Crippen LogP contribution in [0.1, 0.15) is 31.2 Å². The molecule has 1 aliphatic heterocycles. The minimum absolute atomic E-state index is 0.379. The molecular weight excluding hydrogens is 279 g/mol. The highest BCUT2D eigenvalue weighted by molar-refractivity contribution is 6.42. The van der Waals surface area contributed by atoms with Crippen LogP contribution in [-0.4, -0.2) is 30.1 Å². The van der Waals surface area contributed by atoms with E-state index in [1.165, 1.54) is 31.2 Å². The van der Waals surface area contributed by atoms with Gasteiger partial charge < -0.3 is 5.32 Å². The molecule has 2 nitrogen and oxygen atoms in total. The Labute approximate surface area is 125 Å². The summed E-state index contributed by atoms with van der Waals surface area (Å²) in [7, 11) is 0. The molecule has 2 aliphatic rings. The fraction of sp³-hybridized carbons (Fsp3) is 0.600. The van der Waals surface area contributed by atoms with Gasteiger partial charge in [0.15, 0.2) is 0 Å². The molecule has 1 aliphatic carbocycles. The van der Waals surface area contributed by atoms with E-state index < -0.39 is 0 Å². The van der Waals surface area contributed by atoms with Gasteiger partial charge in [0.2, 0.25) is 0 Å². The first-order valence-electron chi connectivity index (χ1n) is 7.09. The molecule has 1 saturated heterocycles. The number of benzene rings is 1. The van der Waals surface area contributed by atoms with Crippen molar-refractivity contribution in [3.63, 3.8) is 0 Å². The molecule has 1 saturated carbocycles. The van der Waals surface area contributed by atoms with Gasteiger partial charge in [-0.15, -0.1) is 0 Å². The Bertz CT molecular complexity index is 455. The van der Waals surface area contributed by atoms with Crippen LogP contribution in [0.4, 0.5) is 0 Å². The van der Waals surface area contributed by atoms with Crippen LogP contribution in [-0.2, 0) is 6.54 Å². The predicted molar refractivity (Wildman–Crippen MR) is 80.9 cm³/mol. The summed E-state index contributed by atoms with van der Waals surface area (Å²) in [6.07, 6.45) is 5.36. The second kappa shape index (κ2) is 5.61. The fourth-order valence-corrected chi connectivity index (χ4v) is 3.84. The van der Waals surface area contributed by atoms with E-state index in [-0.39, 0.29) is 0 Å². The third kappa shape index (κ3) is 2.78. The van der Waals surface area contributed by atoms with Crippen molar-refractivity contribution >= 4 is 23.2 Å². The van der Waals surface area contributed by atoms with E-state index in [0.29, 0.717) is 15.6 Å². The highest BCUT2D eigenvalue weighted by atomic mass is 35.5. The summed E-state index contributed by atoms with van der Waals surface area (Å²) in [6.45, 7) is 4.33. The maximum Gasteiger partial charge on any atom is 0.0595 e. The summed E-state index contributed by atoms with van der Waals surface area (Å²) in [5.74, 6) is 0. The molecule has 1 heterocycles. The van der Waals surface area contributed by atoms with Crippen LogP contribution < -0.4 is 5.32 Å². The normalized spacial score (nSPS) is 23.1. The quantitative estimate of drug-likeness (QED) is 0.895. The topological polar surface area (TPSA) is 15.3 Å². The van der Waals surface area contributed by atoms with Crippen molar-refractivity contribution in [1.82, 2.24) is 10.2 Å². The maximum absolute atomic E-state index is 6.12. The van der Waals surface area contributed by atoms with Gasteiger partial charge in [-0.2, -0.15) is 0 Å². The van der Waals surface area contributed by atoms with Crippen molar-refractivity contribution < 1.29 is 0 Å². The summed E-state index contributed by atoms with van der Waals surface area (Å²) in [4.78, 5) is 2.65. The molecule has 19 heavy (non-hydrogen) atoms. The molecule has 0 amide bonds. The van der Waals surface area contributed by atoms with E-state index in [4.69, 9.17) is 23.2 Å². The van der Waals surface area contributed by atoms with E-state index in [1.54, 1.807) is 0 Å². The summed E-state index contributed by atoms with van der Waals surface area (Å²) < 4.78 is 0. The van der Waals surface area contributed by atoms with E-state index >= 15 is 0 Å². The molecule has 0 bridgehead atoms. The number of piperazine rings is 1. The lowest BCUT2D eigenvalue weighted by molar-refractivity contribution is 0.0573.